The van der Waals surface area contributed by atoms with Gasteiger partial charge in [0.2, 0.25) is 0 Å². The summed E-state index contributed by atoms with van der Waals surface area (Å²) in [5, 5.41) is 7.82. The van der Waals surface area contributed by atoms with E-state index in [2.05, 4.69) is 15.2 Å². The van der Waals surface area contributed by atoms with Crippen LogP contribution in [0.1, 0.15) is 29.5 Å². The van der Waals surface area contributed by atoms with Gasteiger partial charge in [-0.3, -0.25) is 0 Å². The van der Waals surface area contributed by atoms with Crippen molar-refractivity contribution in [2.45, 2.75) is 25.4 Å². The van der Waals surface area contributed by atoms with Crippen LogP contribution < -0.4 is 0 Å². The third kappa shape index (κ3) is 2.18. The van der Waals surface area contributed by atoms with Crippen LogP contribution in [0.15, 0.2) is 4.42 Å². The molecule has 2 heterocycles. The monoisotopic (exact) mass is 269 g/mol. The molecule has 1 fully saturated rings. The zero-order valence-corrected chi connectivity index (χ0v) is 10.9. The van der Waals surface area contributed by atoms with E-state index in [4.69, 9.17) is 21.4 Å². The van der Waals surface area contributed by atoms with E-state index in [0.29, 0.717) is 18.4 Å². The quantitative estimate of drug-likeness (QED) is 0.865. The number of thiazole rings is 1. The van der Waals surface area contributed by atoms with Gasteiger partial charge in [-0.1, -0.05) is 0 Å². The van der Waals surface area contributed by atoms with Crippen molar-refractivity contribution in [3.63, 3.8) is 0 Å². The first-order valence-electron chi connectivity index (χ1n) is 5.32. The molecule has 1 N–H and O–H groups in total. The van der Waals surface area contributed by atoms with Gasteiger partial charge in [-0.15, -0.1) is 16.4 Å². The molecule has 0 radical (unpaired) electrons. The molecule has 2 aromatic heterocycles. The topological polar surface area (TPSA) is 63.9 Å². The van der Waals surface area contributed by atoms with E-state index < -0.39 is 0 Å². The first-order chi connectivity index (χ1) is 8.28. The average Bonchev–Trinajstić information content (AvgIpc) is 2.94. The first-order valence-corrected chi connectivity index (χ1v) is 6.55. The molecule has 2 aromatic rings. The minimum atomic E-state index is 0.282. The molecule has 17 heavy (non-hydrogen) atoms. The van der Waals surface area contributed by atoms with Crippen molar-refractivity contribution in [3.8, 4) is 10.8 Å². The van der Waals surface area contributed by atoms with Gasteiger partial charge in [0.15, 0.2) is 0 Å². The zero-order valence-electron chi connectivity index (χ0n) is 9.23. The Morgan fingerprint density at radius 3 is 3.00 bits per heavy atom. The normalized spacial score (nSPS) is 15.4. The lowest BCUT2D eigenvalue weighted by Gasteiger charge is -1.95. The largest absolute Gasteiger partial charge is 0.408 e. The van der Waals surface area contributed by atoms with Crippen molar-refractivity contribution in [1.82, 2.24) is 15.2 Å². The molecule has 0 bridgehead atoms. The molecule has 1 aliphatic rings. The van der Waals surface area contributed by atoms with E-state index in [0.717, 1.165) is 15.6 Å². The number of methoxy groups -OCH3 is 1. The Kier molecular flexibility index (Phi) is 2.81. The number of hydrogen-bond donors (Lipinski definition) is 1. The molecule has 7 heteroatoms. The Morgan fingerprint density at radius 1 is 1.59 bits per heavy atom. The van der Waals surface area contributed by atoms with E-state index in [-0.39, 0.29) is 4.84 Å². The van der Waals surface area contributed by atoms with Crippen LogP contribution >= 0.6 is 23.6 Å². The highest BCUT2D eigenvalue weighted by atomic mass is 32.1. The van der Waals surface area contributed by atoms with Crippen molar-refractivity contribution in [2.75, 3.05) is 7.11 Å². The summed E-state index contributed by atoms with van der Waals surface area (Å²) in [5.74, 6) is 1.12. The number of aromatic nitrogens is 3. The second-order valence-electron chi connectivity index (χ2n) is 3.95. The van der Waals surface area contributed by atoms with Crippen LogP contribution in [0.4, 0.5) is 0 Å². The molecule has 0 aliphatic heterocycles. The number of H-pyrrole nitrogens is 1. The van der Waals surface area contributed by atoms with Crippen LogP contribution in [0.2, 0.25) is 0 Å². The van der Waals surface area contributed by atoms with Gasteiger partial charge in [-0.05, 0) is 25.1 Å². The number of aromatic amines is 1. The van der Waals surface area contributed by atoms with E-state index in [1.54, 1.807) is 18.4 Å². The second kappa shape index (κ2) is 4.32. The molecule has 0 atom stereocenters. The van der Waals surface area contributed by atoms with E-state index in [1.807, 2.05) is 0 Å². The predicted octanol–water partition coefficient (Wildman–Crippen LogP) is 2.88. The summed E-state index contributed by atoms with van der Waals surface area (Å²) in [6.07, 6.45) is 2.45. The summed E-state index contributed by atoms with van der Waals surface area (Å²) in [5.41, 5.74) is 0.879. The van der Waals surface area contributed by atoms with Gasteiger partial charge in [0, 0.05) is 13.0 Å². The van der Waals surface area contributed by atoms with E-state index >= 15 is 0 Å². The van der Waals surface area contributed by atoms with E-state index in [9.17, 15) is 0 Å². The third-order valence-corrected chi connectivity index (χ3v) is 3.98. The molecule has 0 spiro atoms. The van der Waals surface area contributed by atoms with E-state index in [1.165, 1.54) is 12.8 Å². The van der Waals surface area contributed by atoms with Crippen LogP contribution in [-0.2, 0) is 11.3 Å². The molecule has 0 amide bonds. The van der Waals surface area contributed by atoms with Crippen molar-refractivity contribution in [3.05, 3.63) is 15.5 Å². The average molecular weight is 269 g/mol. The number of nitrogens with zero attached hydrogens (tertiary/aromatic N) is 2. The second-order valence-corrected chi connectivity index (χ2v) is 5.35. The van der Waals surface area contributed by atoms with Gasteiger partial charge in [-0.2, -0.15) is 0 Å². The highest BCUT2D eigenvalue weighted by molar-refractivity contribution is 7.71. The minimum Gasteiger partial charge on any atom is -0.408 e. The Balaban J connectivity index is 2.03. The number of hydrogen-bond acceptors (Lipinski definition) is 6. The van der Waals surface area contributed by atoms with Crippen LogP contribution in [0.25, 0.3) is 10.8 Å². The fourth-order valence-corrected chi connectivity index (χ4v) is 2.89. The number of ether oxygens (including phenoxy) is 1. The Hall–Kier alpha value is -1.05. The summed E-state index contributed by atoms with van der Waals surface area (Å²) in [4.78, 5) is 5.79. The SMILES string of the molecule is COCc1nc(C2CC2)sc1-c1n[nH]c(=S)o1. The molecule has 5 nitrogen and oxygen atoms in total. The summed E-state index contributed by atoms with van der Waals surface area (Å²) >= 11 is 6.50. The molecule has 1 saturated carbocycles. The first kappa shape index (κ1) is 11.1. The predicted molar refractivity (Wildman–Crippen MR) is 65.5 cm³/mol. The van der Waals surface area contributed by atoms with Crippen LogP contribution in [0, 0.1) is 4.84 Å². The van der Waals surface area contributed by atoms with Gasteiger partial charge in [0.05, 0.1) is 17.3 Å². The van der Waals surface area contributed by atoms with Crippen molar-refractivity contribution >= 4 is 23.6 Å². The molecule has 3 rings (SSSR count). The van der Waals surface area contributed by atoms with Crippen LogP contribution in [0.3, 0.4) is 0 Å². The highest BCUT2D eigenvalue weighted by Gasteiger charge is 2.29. The standard InChI is InChI=1S/C10H11N3O2S2/c1-14-4-6-7(8-12-13-10(16)15-8)17-9(11-6)5-2-3-5/h5H,2-4H2,1H3,(H,13,16). The van der Waals surface area contributed by atoms with Gasteiger partial charge in [0.1, 0.15) is 4.88 Å². The molecular formula is C10H11N3O2S2. The van der Waals surface area contributed by atoms with Crippen LogP contribution in [0.5, 0.6) is 0 Å². The maximum absolute atomic E-state index is 5.33. The fraction of sp³-hybridized carbons (Fsp3) is 0.500. The van der Waals surface area contributed by atoms with Gasteiger partial charge < -0.3 is 9.15 Å². The number of nitrogens with one attached hydrogen (secondary N) is 1. The molecule has 1 aliphatic carbocycles. The number of rotatable bonds is 4. The van der Waals surface area contributed by atoms with Crippen molar-refractivity contribution in [2.24, 2.45) is 0 Å². The Bertz CT molecular complexity index is 582. The summed E-state index contributed by atoms with van der Waals surface area (Å²) in [6.45, 7) is 0.466. The van der Waals surface area contributed by atoms with Crippen molar-refractivity contribution < 1.29 is 9.15 Å². The minimum absolute atomic E-state index is 0.282. The van der Waals surface area contributed by atoms with Crippen molar-refractivity contribution in [1.29, 1.82) is 0 Å². The fourth-order valence-electron chi connectivity index (χ4n) is 1.60. The van der Waals surface area contributed by atoms with Gasteiger partial charge in [-0.25, -0.2) is 10.1 Å². The lowest BCUT2D eigenvalue weighted by Crippen LogP contribution is -1.91. The van der Waals surface area contributed by atoms with Gasteiger partial charge in [0.25, 0.3) is 10.7 Å². The summed E-state index contributed by atoms with van der Waals surface area (Å²) < 4.78 is 10.5. The molecule has 0 unspecified atom stereocenters. The highest BCUT2D eigenvalue weighted by Crippen LogP contribution is 2.44. The third-order valence-electron chi connectivity index (χ3n) is 2.55. The van der Waals surface area contributed by atoms with Gasteiger partial charge >= 0.3 is 0 Å². The Labute approximate surface area is 107 Å². The maximum atomic E-state index is 5.33. The zero-order chi connectivity index (χ0) is 11.8. The summed E-state index contributed by atoms with van der Waals surface area (Å²) in [6, 6.07) is 0. The van der Waals surface area contributed by atoms with Crippen LogP contribution in [-0.4, -0.2) is 22.3 Å². The summed E-state index contributed by atoms with van der Waals surface area (Å²) in [7, 11) is 1.65. The molecule has 0 aromatic carbocycles. The Morgan fingerprint density at radius 2 is 2.41 bits per heavy atom. The molecular weight excluding hydrogens is 258 g/mol. The maximum Gasteiger partial charge on any atom is 0.284 e. The smallest absolute Gasteiger partial charge is 0.284 e. The lowest BCUT2D eigenvalue weighted by atomic mass is 10.3. The molecule has 0 saturated heterocycles. The lowest BCUT2D eigenvalue weighted by molar-refractivity contribution is 0.182. The molecule has 90 valence electrons.